The Hall–Kier alpha value is -2.08. The van der Waals surface area contributed by atoms with Crippen molar-refractivity contribution in [2.75, 3.05) is 0 Å². The van der Waals surface area contributed by atoms with Gasteiger partial charge in [-0.3, -0.25) is 0 Å². The highest BCUT2D eigenvalue weighted by Crippen LogP contribution is 2.34. The fourth-order valence-corrected chi connectivity index (χ4v) is 3.02. The van der Waals surface area contributed by atoms with E-state index in [1.54, 1.807) is 0 Å². The third kappa shape index (κ3) is 2.04. The first-order valence-electron chi connectivity index (χ1n) is 6.87. The van der Waals surface area contributed by atoms with E-state index in [1.807, 2.05) is 24.7 Å². The van der Waals surface area contributed by atoms with Crippen LogP contribution in [0, 0.1) is 11.3 Å². The molecule has 19 heavy (non-hydrogen) atoms. The highest BCUT2D eigenvalue weighted by atomic mass is 15.1. The van der Waals surface area contributed by atoms with Crippen LogP contribution in [-0.2, 0) is 12.8 Å². The van der Waals surface area contributed by atoms with Crippen LogP contribution in [0.15, 0.2) is 30.7 Å². The fraction of sp³-hybridized carbons (Fsp3) is 0.375. The molecule has 1 aromatic heterocycles. The third-order valence-electron chi connectivity index (χ3n) is 3.91. The topological polar surface area (TPSA) is 41.6 Å². The third-order valence-corrected chi connectivity index (χ3v) is 3.91. The summed E-state index contributed by atoms with van der Waals surface area (Å²) < 4.78 is 2.28. The zero-order valence-electron chi connectivity index (χ0n) is 11.1. The summed E-state index contributed by atoms with van der Waals surface area (Å²) in [5.41, 5.74) is 4.75. The lowest BCUT2D eigenvalue weighted by atomic mass is 9.94. The highest BCUT2D eigenvalue weighted by Gasteiger charge is 2.24. The summed E-state index contributed by atoms with van der Waals surface area (Å²) in [7, 11) is 0. The number of fused-ring (bicyclic) bond motifs is 1. The van der Waals surface area contributed by atoms with E-state index in [9.17, 15) is 0 Å². The molecule has 1 aliphatic rings. The van der Waals surface area contributed by atoms with Crippen LogP contribution in [0.1, 0.15) is 48.2 Å². The largest absolute Gasteiger partial charge is 0.327 e. The first-order valence-corrected chi connectivity index (χ1v) is 6.87. The maximum Gasteiger partial charge on any atom is 0.0991 e. The van der Waals surface area contributed by atoms with E-state index >= 15 is 0 Å². The fourth-order valence-electron chi connectivity index (χ4n) is 3.02. The summed E-state index contributed by atoms with van der Waals surface area (Å²) in [6, 6.07) is 8.75. The van der Waals surface area contributed by atoms with Crippen molar-refractivity contribution in [2.24, 2.45) is 0 Å². The van der Waals surface area contributed by atoms with Crippen LogP contribution in [-0.4, -0.2) is 9.55 Å². The standard InChI is InChI=1S/C16H17N3/c1-2-3-13-8-12(9-17)4-6-15(13)16-7-5-14-10-18-11-19(14)16/h4,6,8,10-11,16H,2-3,5,7H2,1H3. The van der Waals surface area contributed by atoms with E-state index in [0.29, 0.717) is 6.04 Å². The smallest absolute Gasteiger partial charge is 0.0991 e. The van der Waals surface area contributed by atoms with Gasteiger partial charge in [0, 0.05) is 11.9 Å². The summed E-state index contributed by atoms with van der Waals surface area (Å²) in [6.07, 6.45) is 8.26. The molecule has 0 N–H and O–H groups in total. The second kappa shape index (κ2) is 4.89. The lowest BCUT2D eigenvalue weighted by Crippen LogP contribution is -2.08. The Morgan fingerprint density at radius 2 is 2.37 bits per heavy atom. The second-order valence-corrected chi connectivity index (χ2v) is 5.12. The zero-order chi connectivity index (χ0) is 13.2. The maximum absolute atomic E-state index is 9.05. The highest BCUT2D eigenvalue weighted by molar-refractivity contribution is 5.41. The number of hydrogen-bond acceptors (Lipinski definition) is 2. The molecule has 0 saturated heterocycles. The van der Waals surface area contributed by atoms with Crippen molar-refractivity contribution in [3.63, 3.8) is 0 Å². The van der Waals surface area contributed by atoms with E-state index in [4.69, 9.17) is 5.26 Å². The molecule has 0 amide bonds. The molecule has 1 atom stereocenters. The molecule has 0 fully saturated rings. The Bertz CT molecular complexity index is 634. The van der Waals surface area contributed by atoms with Crippen molar-refractivity contribution < 1.29 is 0 Å². The normalized spacial score (nSPS) is 17.2. The van der Waals surface area contributed by atoms with E-state index in [-0.39, 0.29) is 0 Å². The average Bonchev–Trinajstić information content (AvgIpc) is 3.02. The summed E-state index contributed by atoms with van der Waals surface area (Å²) in [4.78, 5) is 4.24. The molecule has 1 unspecified atom stereocenters. The van der Waals surface area contributed by atoms with Gasteiger partial charge in [0.05, 0.1) is 24.0 Å². The average molecular weight is 251 g/mol. The van der Waals surface area contributed by atoms with Crippen molar-refractivity contribution in [3.05, 3.63) is 53.1 Å². The summed E-state index contributed by atoms with van der Waals surface area (Å²) in [5, 5.41) is 9.05. The SMILES string of the molecule is CCCc1cc(C#N)ccc1C1CCc2cncn21. The number of rotatable bonds is 3. The number of nitriles is 1. The predicted molar refractivity (Wildman–Crippen MR) is 73.8 cm³/mol. The van der Waals surface area contributed by atoms with Gasteiger partial charge in [-0.05, 0) is 42.5 Å². The minimum atomic E-state index is 0.395. The molecule has 1 aromatic carbocycles. The second-order valence-electron chi connectivity index (χ2n) is 5.12. The molecule has 0 aliphatic carbocycles. The Balaban J connectivity index is 2.04. The van der Waals surface area contributed by atoms with Gasteiger partial charge in [0.15, 0.2) is 0 Å². The van der Waals surface area contributed by atoms with Crippen LogP contribution >= 0.6 is 0 Å². The lowest BCUT2D eigenvalue weighted by molar-refractivity contribution is 0.608. The van der Waals surface area contributed by atoms with Gasteiger partial charge in [0.25, 0.3) is 0 Å². The number of hydrogen-bond donors (Lipinski definition) is 0. The van der Waals surface area contributed by atoms with Crippen LogP contribution < -0.4 is 0 Å². The van der Waals surface area contributed by atoms with Gasteiger partial charge < -0.3 is 4.57 Å². The van der Waals surface area contributed by atoms with E-state index in [1.165, 1.54) is 16.8 Å². The number of aryl methyl sites for hydroxylation is 2. The van der Waals surface area contributed by atoms with Gasteiger partial charge >= 0.3 is 0 Å². The van der Waals surface area contributed by atoms with Crippen molar-refractivity contribution in [1.29, 1.82) is 5.26 Å². The van der Waals surface area contributed by atoms with Gasteiger partial charge in [-0.1, -0.05) is 19.4 Å². The monoisotopic (exact) mass is 251 g/mol. The van der Waals surface area contributed by atoms with Gasteiger partial charge in [-0.2, -0.15) is 5.26 Å². The summed E-state index contributed by atoms with van der Waals surface area (Å²) in [5.74, 6) is 0. The van der Waals surface area contributed by atoms with E-state index < -0.39 is 0 Å². The van der Waals surface area contributed by atoms with Gasteiger partial charge in [-0.15, -0.1) is 0 Å². The molecule has 2 heterocycles. The Morgan fingerprint density at radius 3 is 3.16 bits per heavy atom. The van der Waals surface area contributed by atoms with Crippen LogP contribution in [0.4, 0.5) is 0 Å². The van der Waals surface area contributed by atoms with Gasteiger partial charge in [0.1, 0.15) is 0 Å². The number of imidazole rings is 1. The van der Waals surface area contributed by atoms with Gasteiger partial charge in [-0.25, -0.2) is 4.98 Å². The van der Waals surface area contributed by atoms with Crippen molar-refractivity contribution in [2.45, 2.75) is 38.6 Å². The number of aromatic nitrogens is 2. The lowest BCUT2D eigenvalue weighted by Gasteiger charge is -2.18. The minimum absolute atomic E-state index is 0.395. The molecule has 3 rings (SSSR count). The molecular formula is C16H17N3. The maximum atomic E-state index is 9.05. The molecule has 0 saturated carbocycles. The first kappa shape index (κ1) is 12.0. The Labute approximate surface area is 113 Å². The summed E-state index contributed by atoms with van der Waals surface area (Å²) >= 11 is 0. The van der Waals surface area contributed by atoms with Crippen LogP contribution in [0.5, 0.6) is 0 Å². The predicted octanol–water partition coefficient (Wildman–Crippen LogP) is 3.24. The van der Waals surface area contributed by atoms with Crippen LogP contribution in [0.25, 0.3) is 0 Å². The molecule has 3 heteroatoms. The van der Waals surface area contributed by atoms with Crippen molar-refractivity contribution in [3.8, 4) is 6.07 Å². The minimum Gasteiger partial charge on any atom is -0.327 e. The molecule has 2 aromatic rings. The molecule has 1 aliphatic heterocycles. The molecule has 0 bridgehead atoms. The Kier molecular flexibility index (Phi) is 3.08. The van der Waals surface area contributed by atoms with E-state index in [0.717, 1.165) is 31.2 Å². The van der Waals surface area contributed by atoms with Crippen molar-refractivity contribution >= 4 is 0 Å². The quantitative estimate of drug-likeness (QED) is 0.840. The summed E-state index contributed by atoms with van der Waals surface area (Å²) in [6.45, 7) is 2.18. The van der Waals surface area contributed by atoms with Crippen LogP contribution in [0.3, 0.4) is 0 Å². The van der Waals surface area contributed by atoms with Gasteiger partial charge in [0.2, 0.25) is 0 Å². The molecule has 0 spiro atoms. The Morgan fingerprint density at radius 1 is 1.47 bits per heavy atom. The zero-order valence-corrected chi connectivity index (χ0v) is 11.1. The van der Waals surface area contributed by atoms with E-state index in [2.05, 4.69) is 28.6 Å². The molecule has 3 nitrogen and oxygen atoms in total. The molecule has 0 radical (unpaired) electrons. The van der Waals surface area contributed by atoms with Crippen molar-refractivity contribution in [1.82, 2.24) is 9.55 Å². The first-order chi connectivity index (χ1) is 9.33. The van der Waals surface area contributed by atoms with Crippen LogP contribution in [0.2, 0.25) is 0 Å². The number of benzene rings is 1. The number of nitrogens with zero attached hydrogens (tertiary/aromatic N) is 3. The molecular weight excluding hydrogens is 234 g/mol. The molecule has 96 valence electrons.